The van der Waals surface area contributed by atoms with Gasteiger partial charge in [-0.05, 0) is 66.8 Å². The monoisotopic (exact) mass is 316 g/mol. The Morgan fingerprint density at radius 2 is 1.83 bits per heavy atom. The summed E-state index contributed by atoms with van der Waals surface area (Å²) in [6, 6.07) is 0. The molecule has 23 heavy (non-hydrogen) atoms. The Bertz CT molecular complexity index is 592. The lowest BCUT2D eigenvalue weighted by Gasteiger charge is -2.59. The van der Waals surface area contributed by atoms with Crippen molar-refractivity contribution in [2.24, 2.45) is 34.5 Å². The molecule has 0 bridgehead atoms. The van der Waals surface area contributed by atoms with Crippen molar-refractivity contribution >= 4 is 11.6 Å². The van der Waals surface area contributed by atoms with Crippen LogP contribution in [0.5, 0.6) is 0 Å². The van der Waals surface area contributed by atoms with E-state index in [2.05, 4.69) is 13.8 Å². The van der Waals surface area contributed by atoms with Crippen LogP contribution in [0.25, 0.3) is 0 Å². The number of ketones is 2. The summed E-state index contributed by atoms with van der Waals surface area (Å²) in [6.07, 6.45) is 8.32. The van der Waals surface area contributed by atoms with E-state index < -0.39 is 0 Å². The number of hydrogen-bond acceptors (Lipinski definition) is 3. The quantitative estimate of drug-likeness (QED) is 0.681. The van der Waals surface area contributed by atoms with E-state index in [9.17, 15) is 14.7 Å². The van der Waals surface area contributed by atoms with Crippen molar-refractivity contribution < 1.29 is 14.7 Å². The molecule has 6 atom stereocenters. The molecule has 0 aromatic rings. The summed E-state index contributed by atoms with van der Waals surface area (Å²) in [5, 5.41) is 9.84. The topological polar surface area (TPSA) is 54.4 Å². The van der Waals surface area contributed by atoms with Crippen molar-refractivity contribution in [1.82, 2.24) is 0 Å². The van der Waals surface area contributed by atoms with Gasteiger partial charge in [0.1, 0.15) is 11.6 Å². The maximum Gasteiger partial charge on any atom is 0.139 e. The van der Waals surface area contributed by atoms with Crippen LogP contribution in [0.2, 0.25) is 0 Å². The van der Waals surface area contributed by atoms with Gasteiger partial charge in [0.05, 0.1) is 6.26 Å². The molecule has 126 valence electrons. The van der Waals surface area contributed by atoms with Crippen LogP contribution in [-0.2, 0) is 9.59 Å². The third-order valence-corrected chi connectivity index (χ3v) is 8.25. The van der Waals surface area contributed by atoms with Crippen LogP contribution in [-0.4, -0.2) is 16.7 Å². The van der Waals surface area contributed by atoms with E-state index in [1.54, 1.807) is 0 Å². The van der Waals surface area contributed by atoms with Crippen LogP contribution < -0.4 is 0 Å². The number of rotatable bonds is 0. The number of aliphatic hydroxyl groups is 1. The molecule has 0 saturated heterocycles. The molecule has 4 aliphatic rings. The molecule has 0 unspecified atom stereocenters. The first kappa shape index (κ1) is 15.4. The highest BCUT2D eigenvalue weighted by Crippen LogP contribution is 2.66. The van der Waals surface area contributed by atoms with E-state index in [4.69, 9.17) is 0 Å². The van der Waals surface area contributed by atoms with Crippen molar-refractivity contribution in [3.05, 3.63) is 11.8 Å². The molecule has 4 rings (SSSR count). The fraction of sp³-hybridized carbons (Fsp3) is 0.800. The first-order chi connectivity index (χ1) is 10.9. The van der Waals surface area contributed by atoms with Crippen LogP contribution in [0, 0.1) is 34.5 Å². The average Bonchev–Trinajstić information content (AvgIpc) is 2.83. The maximum absolute atomic E-state index is 12.5. The molecule has 3 nitrogen and oxygen atoms in total. The minimum Gasteiger partial charge on any atom is -0.516 e. The van der Waals surface area contributed by atoms with Gasteiger partial charge >= 0.3 is 0 Å². The molecule has 0 aromatic carbocycles. The highest BCUT2D eigenvalue weighted by molar-refractivity contribution is 5.87. The summed E-state index contributed by atoms with van der Waals surface area (Å²) in [6.45, 7) is 4.54. The molecule has 0 radical (unpaired) electrons. The van der Waals surface area contributed by atoms with Gasteiger partial charge in [-0.1, -0.05) is 13.8 Å². The largest absolute Gasteiger partial charge is 0.516 e. The maximum atomic E-state index is 12.5. The van der Waals surface area contributed by atoms with E-state index in [-0.39, 0.29) is 16.7 Å². The van der Waals surface area contributed by atoms with Gasteiger partial charge in [-0.15, -0.1) is 0 Å². The number of Topliss-reactive ketones (excluding diaryl/α,β-unsaturated/α-hetero) is 2. The molecule has 1 N–H and O–H groups in total. The van der Waals surface area contributed by atoms with Gasteiger partial charge in [-0.2, -0.15) is 0 Å². The SMILES string of the molecule is C[C@]12CCC(=O)C[C@@H]1/C(=C/O)C[C@@H]1[C@@H]2CC[C@]2(C)C(=O)CC[C@@H]12. The molecule has 3 heteroatoms. The summed E-state index contributed by atoms with van der Waals surface area (Å²) >= 11 is 0. The fourth-order valence-corrected chi connectivity index (χ4v) is 6.86. The number of hydrogen-bond donors (Lipinski definition) is 1. The van der Waals surface area contributed by atoms with Gasteiger partial charge in [0.2, 0.25) is 0 Å². The van der Waals surface area contributed by atoms with E-state index in [0.29, 0.717) is 42.2 Å². The highest BCUT2D eigenvalue weighted by Gasteiger charge is 2.61. The molecule has 4 saturated carbocycles. The second-order valence-corrected chi connectivity index (χ2v) is 9.00. The van der Waals surface area contributed by atoms with Crippen LogP contribution in [0.1, 0.15) is 65.2 Å². The van der Waals surface area contributed by atoms with E-state index in [1.165, 1.54) is 6.26 Å². The lowest BCUT2D eigenvalue weighted by Crippen LogP contribution is -2.54. The number of carbonyl (C=O) groups is 2. The predicted octanol–water partition coefficient (Wildman–Crippen LogP) is 4.22. The van der Waals surface area contributed by atoms with Gasteiger partial charge in [0.15, 0.2) is 0 Å². The molecule has 0 aromatic heterocycles. The number of allylic oxidation sites excluding steroid dienone is 1. The van der Waals surface area contributed by atoms with Crippen LogP contribution in [0.4, 0.5) is 0 Å². The van der Waals surface area contributed by atoms with Crippen molar-refractivity contribution in [2.45, 2.75) is 65.2 Å². The van der Waals surface area contributed by atoms with Crippen molar-refractivity contribution in [3.63, 3.8) is 0 Å². The summed E-state index contributed by atoms with van der Waals surface area (Å²) in [7, 11) is 0. The Morgan fingerprint density at radius 1 is 1.04 bits per heavy atom. The Hall–Kier alpha value is -1.12. The third kappa shape index (κ3) is 1.94. The molecule has 0 spiro atoms. The van der Waals surface area contributed by atoms with E-state index in [0.717, 1.165) is 44.1 Å². The lowest BCUT2D eigenvalue weighted by atomic mass is 9.44. The Labute approximate surface area is 138 Å². The first-order valence-electron chi connectivity index (χ1n) is 9.28. The lowest BCUT2D eigenvalue weighted by molar-refractivity contribution is -0.139. The third-order valence-electron chi connectivity index (χ3n) is 8.25. The second kappa shape index (κ2) is 4.94. The van der Waals surface area contributed by atoms with Crippen LogP contribution >= 0.6 is 0 Å². The standard InChI is InChI=1S/C20H28O3/c1-19-7-5-13(22)10-17(19)12(11-21)9-14-15-3-4-18(23)20(15,2)8-6-16(14)19/h11,14-17,21H,3-10H2,1-2H3/b12-11+/t14-,15-,16-,17+,19+,20-/m0/s1. The zero-order chi connectivity index (χ0) is 16.4. The summed E-state index contributed by atoms with van der Waals surface area (Å²) in [5.74, 6) is 2.61. The second-order valence-electron chi connectivity index (χ2n) is 9.00. The minimum atomic E-state index is -0.130. The minimum absolute atomic E-state index is 0.123. The molecule has 0 amide bonds. The van der Waals surface area contributed by atoms with Crippen LogP contribution in [0.15, 0.2) is 11.8 Å². The number of fused-ring (bicyclic) bond motifs is 5. The summed E-state index contributed by atoms with van der Waals surface area (Å²) in [4.78, 5) is 24.5. The Morgan fingerprint density at radius 3 is 2.57 bits per heavy atom. The van der Waals surface area contributed by atoms with Gasteiger partial charge < -0.3 is 5.11 Å². The zero-order valence-electron chi connectivity index (χ0n) is 14.3. The Kier molecular flexibility index (Phi) is 3.31. The Balaban J connectivity index is 1.73. The molecule has 0 heterocycles. The molecular formula is C20H28O3. The smallest absolute Gasteiger partial charge is 0.139 e. The van der Waals surface area contributed by atoms with E-state index in [1.807, 2.05) is 0 Å². The first-order valence-corrected chi connectivity index (χ1v) is 9.28. The molecule has 4 aliphatic carbocycles. The number of carbonyl (C=O) groups excluding carboxylic acids is 2. The summed E-state index contributed by atoms with van der Waals surface area (Å²) in [5.41, 5.74) is 1.07. The van der Waals surface area contributed by atoms with Gasteiger partial charge in [0.25, 0.3) is 0 Å². The highest BCUT2D eigenvalue weighted by atomic mass is 16.2. The van der Waals surface area contributed by atoms with E-state index >= 15 is 0 Å². The predicted molar refractivity (Wildman–Crippen MR) is 87.8 cm³/mol. The normalized spacial score (nSPS) is 51.3. The van der Waals surface area contributed by atoms with Crippen molar-refractivity contribution in [3.8, 4) is 0 Å². The molecule has 0 aliphatic heterocycles. The van der Waals surface area contributed by atoms with Gasteiger partial charge in [-0.3, -0.25) is 9.59 Å². The zero-order valence-corrected chi connectivity index (χ0v) is 14.3. The van der Waals surface area contributed by atoms with Crippen LogP contribution in [0.3, 0.4) is 0 Å². The number of aliphatic hydroxyl groups excluding tert-OH is 1. The summed E-state index contributed by atoms with van der Waals surface area (Å²) < 4.78 is 0. The fourth-order valence-electron chi connectivity index (χ4n) is 6.86. The van der Waals surface area contributed by atoms with Gasteiger partial charge in [0, 0.05) is 24.7 Å². The van der Waals surface area contributed by atoms with Crippen molar-refractivity contribution in [2.75, 3.05) is 0 Å². The average molecular weight is 316 g/mol. The molecular weight excluding hydrogens is 288 g/mol. The van der Waals surface area contributed by atoms with Gasteiger partial charge in [-0.25, -0.2) is 0 Å². The van der Waals surface area contributed by atoms with Crippen molar-refractivity contribution in [1.29, 1.82) is 0 Å². The molecule has 4 fully saturated rings.